The topological polar surface area (TPSA) is 87.0 Å². The van der Waals surface area contributed by atoms with Gasteiger partial charge in [-0.05, 0) is 25.0 Å². The van der Waals surface area contributed by atoms with Gasteiger partial charge >= 0.3 is 0 Å². The lowest BCUT2D eigenvalue weighted by molar-refractivity contribution is -0.384. The average Bonchev–Trinajstić information content (AvgIpc) is 2.64. The van der Waals surface area contributed by atoms with E-state index in [2.05, 4.69) is 16.9 Å². The average molecular weight is 256 g/mol. The molecule has 2 rings (SSSR count). The Labute approximate surface area is 110 Å². The Bertz CT molecular complexity index is 690. The molecule has 0 radical (unpaired) electrons. The Morgan fingerprint density at radius 1 is 1.32 bits per heavy atom. The predicted molar refractivity (Wildman–Crippen MR) is 71.4 cm³/mol. The van der Waals surface area contributed by atoms with E-state index >= 15 is 0 Å². The van der Waals surface area contributed by atoms with Gasteiger partial charge in [-0.15, -0.1) is 0 Å². The van der Waals surface area contributed by atoms with Crippen molar-refractivity contribution >= 4 is 11.4 Å². The lowest BCUT2D eigenvalue weighted by Crippen LogP contribution is -1.93. The van der Waals surface area contributed by atoms with Gasteiger partial charge in [-0.25, -0.2) is 0 Å². The van der Waals surface area contributed by atoms with Gasteiger partial charge in [0.25, 0.3) is 5.69 Å². The Morgan fingerprint density at radius 3 is 2.42 bits per heavy atom. The molecule has 0 bridgehead atoms. The van der Waals surface area contributed by atoms with Crippen LogP contribution in [0.25, 0.3) is 0 Å². The van der Waals surface area contributed by atoms with Crippen LogP contribution in [0, 0.1) is 28.9 Å². The first kappa shape index (κ1) is 12.6. The van der Waals surface area contributed by atoms with Crippen LogP contribution in [0.2, 0.25) is 0 Å². The van der Waals surface area contributed by atoms with Crippen molar-refractivity contribution in [2.75, 3.05) is 5.73 Å². The lowest BCUT2D eigenvalue weighted by Gasteiger charge is -1.91. The van der Waals surface area contributed by atoms with Crippen molar-refractivity contribution in [3.63, 3.8) is 0 Å². The fourth-order valence-corrected chi connectivity index (χ4v) is 1.51. The van der Waals surface area contributed by atoms with Gasteiger partial charge in [0.2, 0.25) is 0 Å². The minimum atomic E-state index is -0.447. The molecule has 0 atom stereocenters. The summed E-state index contributed by atoms with van der Waals surface area (Å²) in [5.41, 5.74) is 8.49. The number of aromatic nitrogens is 2. The molecule has 2 aromatic rings. The van der Waals surface area contributed by atoms with Gasteiger partial charge in [0.05, 0.1) is 16.3 Å². The molecule has 2 N–H and O–H groups in total. The highest BCUT2D eigenvalue weighted by atomic mass is 16.6. The highest BCUT2D eigenvalue weighted by molar-refractivity contribution is 5.57. The molecule has 0 spiro atoms. The van der Waals surface area contributed by atoms with Crippen molar-refractivity contribution in [3.8, 4) is 11.8 Å². The third-order valence-electron chi connectivity index (χ3n) is 2.78. The summed E-state index contributed by atoms with van der Waals surface area (Å²) >= 11 is 0. The third kappa shape index (κ3) is 2.55. The van der Waals surface area contributed by atoms with E-state index in [0.717, 1.165) is 5.69 Å². The largest absolute Gasteiger partial charge is 0.395 e. The zero-order valence-electron chi connectivity index (χ0n) is 10.5. The Kier molecular flexibility index (Phi) is 3.21. The van der Waals surface area contributed by atoms with Gasteiger partial charge in [-0.1, -0.05) is 5.92 Å². The first-order chi connectivity index (χ1) is 8.99. The summed E-state index contributed by atoms with van der Waals surface area (Å²) in [5, 5.41) is 14.7. The predicted octanol–water partition coefficient (Wildman–Crippen LogP) is 1.62. The summed E-state index contributed by atoms with van der Waals surface area (Å²) in [6, 6.07) is 6.02. The van der Waals surface area contributed by atoms with Crippen molar-refractivity contribution in [1.82, 2.24) is 9.78 Å². The number of nitro groups is 1. The van der Waals surface area contributed by atoms with E-state index in [-0.39, 0.29) is 5.69 Å². The zero-order chi connectivity index (χ0) is 14.0. The smallest absolute Gasteiger partial charge is 0.269 e. The van der Waals surface area contributed by atoms with E-state index in [9.17, 15) is 10.1 Å². The number of benzene rings is 1. The highest BCUT2D eigenvalue weighted by Crippen LogP contribution is 2.14. The number of hydrogen-bond acceptors (Lipinski definition) is 4. The van der Waals surface area contributed by atoms with E-state index in [4.69, 9.17) is 5.73 Å². The molecule has 0 aliphatic heterocycles. The van der Waals surface area contributed by atoms with Crippen molar-refractivity contribution in [2.24, 2.45) is 7.05 Å². The van der Waals surface area contributed by atoms with Crippen LogP contribution in [0.4, 0.5) is 11.4 Å². The number of hydrogen-bond donors (Lipinski definition) is 1. The molecule has 0 aliphatic rings. The van der Waals surface area contributed by atoms with Gasteiger partial charge in [-0.2, -0.15) is 5.10 Å². The molecule has 1 aromatic carbocycles. The molecule has 0 aliphatic carbocycles. The first-order valence-electron chi connectivity index (χ1n) is 5.54. The number of aryl methyl sites for hydroxylation is 1. The molecule has 6 nitrogen and oxygen atoms in total. The minimum Gasteiger partial charge on any atom is -0.395 e. The number of anilines is 1. The van der Waals surface area contributed by atoms with Crippen LogP contribution in [-0.2, 0) is 7.05 Å². The normalized spacial score (nSPS) is 9.79. The van der Waals surface area contributed by atoms with E-state index in [1.54, 1.807) is 23.9 Å². The SMILES string of the molecule is Cc1c(N)c(C#Cc2ccc([N+](=O)[O-])cc2)nn1C. The quantitative estimate of drug-likeness (QED) is 0.477. The zero-order valence-corrected chi connectivity index (χ0v) is 10.5. The van der Waals surface area contributed by atoms with E-state index in [1.807, 2.05) is 6.92 Å². The summed E-state index contributed by atoms with van der Waals surface area (Å²) in [7, 11) is 1.79. The number of nitrogens with zero attached hydrogens (tertiary/aromatic N) is 3. The summed E-state index contributed by atoms with van der Waals surface area (Å²) < 4.78 is 1.66. The van der Waals surface area contributed by atoms with Crippen molar-refractivity contribution in [3.05, 3.63) is 51.3 Å². The molecule has 0 saturated heterocycles. The maximum Gasteiger partial charge on any atom is 0.269 e. The minimum absolute atomic E-state index is 0.0405. The van der Waals surface area contributed by atoms with E-state index in [1.165, 1.54) is 12.1 Å². The van der Waals surface area contributed by atoms with Crippen LogP contribution in [0.5, 0.6) is 0 Å². The fourth-order valence-electron chi connectivity index (χ4n) is 1.51. The molecule has 0 unspecified atom stereocenters. The molecule has 0 fully saturated rings. The highest BCUT2D eigenvalue weighted by Gasteiger charge is 2.06. The van der Waals surface area contributed by atoms with Gasteiger partial charge in [-0.3, -0.25) is 14.8 Å². The van der Waals surface area contributed by atoms with Gasteiger partial charge in [0.15, 0.2) is 5.69 Å². The van der Waals surface area contributed by atoms with Gasteiger partial charge in [0, 0.05) is 24.7 Å². The molecular weight excluding hydrogens is 244 g/mol. The maximum absolute atomic E-state index is 10.5. The third-order valence-corrected chi connectivity index (χ3v) is 2.78. The summed E-state index contributed by atoms with van der Waals surface area (Å²) in [6.45, 7) is 1.86. The van der Waals surface area contributed by atoms with Crippen LogP contribution >= 0.6 is 0 Å². The van der Waals surface area contributed by atoms with Gasteiger partial charge in [0.1, 0.15) is 0 Å². The van der Waals surface area contributed by atoms with Crippen molar-refractivity contribution in [2.45, 2.75) is 6.92 Å². The van der Waals surface area contributed by atoms with E-state index in [0.29, 0.717) is 16.9 Å². The van der Waals surface area contributed by atoms with Crippen LogP contribution in [0.15, 0.2) is 24.3 Å². The Balaban J connectivity index is 2.29. The van der Waals surface area contributed by atoms with Crippen LogP contribution in [0.3, 0.4) is 0 Å². The van der Waals surface area contributed by atoms with Crippen LogP contribution < -0.4 is 5.73 Å². The van der Waals surface area contributed by atoms with Crippen molar-refractivity contribution in [1.29, 1.82) is 0 Å². The summed E-state index contributed by atoms with van der Waals surface area (Å²) in [5.74, 6) is 5.74. The molecule has 1 aromatic heterocycles. The molecule has 0 amide bonds. The fraction of sp³-hybridized carbons (Fsp3) is 0.154. The molecule has 19 heavy (non-hydrogen) atoms. The molecule has 1 heterocycles. The summed E-state index contributed by atoms with van der Waals surface area (Å²) in [6.07, 6.45) is 0. The first-order valence-corrected chi connectivity index (χ1v) is 5.54. The number of rotatable bonds is 1. The monoisotopic (exact) mass is 256 g/mol. The number of nitro benzene ring substituents is 1. The molecule has 96 valence electrons. The lowest BCUT2D eigenvalue weighted by atomic mass is 10.2. The molecule has 6 heteroatoms. The van der Waals surface area contributed by atoms with Crippen molar-refractivity contribution < 1.29 is 4.92 Å². The Morgan fingerprint density at radius 2 is 1.95 bits per heavy atom. The van der Waals surface area contributed by atoms with E-state index < -0.39 is 4.92 Å². The molecular formula is C13H12N4O2. The van der Waals surface area contributed by atoms with Crippen LogP contribution in [0.1, 0.15) is 17.0 Å². The number of nitrogens with two attached hydrogens (primary N) is 1. The maximum atomic E-state index is 10.5. The molecule has 0 saturated carbocycles. The second kappa shape index (κ2) is 4.82. The number of nitrogen functional groups attached to an aromatic ring is 1. The second-order valence-electron chi connectivity index (χ2n) is 4.03. The number of non-ortho nitro benzene ring substituents is 1. The van der Waals surface area contributed by atoms with Gasteiger partial charge < -0.3 is 5.73 Å². The second-order valence-corrected chi connectivity index (χ2v) is 4.03. The standard InChI is InChI=1S/C13H12N4O2/c1-9-13(14)12(15-16(9)2)8-5-10-3-6-11(7-4-10)17(18)19/h3-4,6-7H,14H2,1-2H3. The summed E-state index contributed by atoms with van der Waals surface area (Å²) in [4.78, 5) is 10.1. The van der Waals surface area contributed by atoms with Crippen LogP contribution in [-0.4, -0.2) is 14.7 Å². The Hall–Kier alpha value is -2.81.